The average molecular weight is 496 g/mol. The van der Waals surface area contributed by atoms with Crippen LogP contribution in [0.25, 0.3) is 11.8 Å². The van der Waals surface area contributed by atoms with Crippen molar-refractivity contribution in [3.8, 4) is 5.69 Å². The Morgan fingerprint density at radius 1 is 1.15 bits per heavy atom. The number of hydrogen-bond acceptors (Lipinski definition) is 4. The van der Waals surface area contributed by atoms with Crippen molar-refractivity contribution in [1.82, 2.24) is 9.58 Å². The number of nitrogens with one attached hydrogen (secondary N) is 1. The Morgan fingerprint density at radius 3 is 2.68 bits per heavy atom. The minimum absolute atomic E-state index is 0.0761. The quantitative estimate of drug-likeness (QED) is 0.315. The largest absolute Gasteiger partial charge is 0.318 e. The SMILES string of the molecule is CCCCCCCC1=NN2C(=N)/C(=C\c3cc(C)n(-c4cccc(Cl)c4C)c3C)C(=O)N=C2S1. The number of aromatic nitrogens is 1. The molecule has 1 amide bonds. The zero-order valence-electron chi connectivity index (χ0n) is 20.1. The summed E-state index contributed by atoms with van der Waals surface area (Å²) in [4.78, 5) is 17.1. The number of rotatable bonds is 8. The Bertz CT molecular complexity index is 1240. The lowest BCUT2D eigenvalue weighted by atomic mass is 10.1. The first-order valence-corrected chi connectivity index (χ1v) is 12.9. The lowest BCUT2D eigenvalue weighted by Crippen LogP contribution is -2.35. The molecule has 2 aliphatic rings. The second-order valence-electron chi connectivity index (χ2n) is 8.72. The number of nitrogens with zero attached hydrogens (tertiary/aromatic N) is 4. The molecule has 34 heavy (non-hydrogen) atoms. The fourth-order valence-electron chi connectivity index (χ4n) is 4.31. The minimum atomic E-state index is -0.396. The molecule has 6 nitrogen and oxygen atoms in total. The van der Waals surface area contributed by atoms with Crippen LogP contribution < -0.4 is 0 Å². The molecule has 1 aromatic carbocycles. The predicted octanol–water partition coefficient (Wildman–Crippen LogP) is 7.04. The summed E-state index contributed by atoms with van der Waals surface area (Å²) in [5, 5.41) is 16.9. The number of fused-ring (bicyclic) bond motifs is 1. The molecule has 2 aromatic rings. The highest BCUT2D eigenvalue weighted by Gasteiger charge is 2.35. The van der Waals surface area contributed by atoms with Crippen LogP contribution in [0, 0.1) is 26.2 Å². The molecule has 0 aliphatic carbocycles. The standard InChI is InChI=1S/C26H30ClN5OS/c1-5-6-7-8-9-13-23-30-32-24(28)20(25(33)29-26(32)34-23)15-19-14-16(2)31(18(19)4)22-12-10-11-21(27)17(22)3/h10-12,14-15,28H,5-9,13H2,1-4H3/b20-15+,28-24?. The van der Waals surface area contributed by atoms with Crippen LogP contribution in [0.15, 0.2) is 39.9 Å². The molecule has 178 valence electrons. The van der Waals surface area contributed by atoms with E-state index in [4.69, 9.17) is 17.0 Å². The lowest BCUT2D eigenvalue weighted by Gasteiger charge is -2.20. The van der Waals surface area contributed by atoms with Gasteiger partial charge in [-0.2, -0.15) is 15.1 Å². The highest BCUT2D eigenvalue weighted by Crippen LogP contribution is 2.32. The van der Waals surface area contributed by atoms with Gasteiger partial charge in [0.2, 0.25) is 5.17 Å². The monoisotopic (exact) mass is 495 g/mol. The van der Waals surface area contributed by atoms with Crippen LogP contribution in [0.4, 0.5) is 0 Å². The molecule has 0 radical (unpaired) electrons. The molecule has 0 saturated carbocycles. The van der Waals surface area contributed by atoms with Gasteiger partial charge in [-0.1, -0.05) is 50.3 Å². The van der Waals surface area contributed by atoms with Crippen molar-refractivity contribution in [2.75, 3.05) is 0 Å². The molecular formula is C26H30ClN5OS. The number of carbonyl (C=O) groups is 1. The molecule has 0 saturated heterocycles. The van der Waals surface area contributed by atoms with Crippen molar-refractivity contribution in [3.05, 3.63) is 57.4 Å². The summed E-state index contributed by atoms with van der Waals surface area (Å²) in [7, 11) is 0. The summed E-state index contributed by atoms with van der Waals surface area (Å²) in [5.41, 5.74) is 5.11. The van der Waals surface area contributed by atoms with Gasteiger partial charge in [0, 0.05) is 22.1 Å². The number of thioether (sulfide) groups is 1. The van der Waals surface area contributed by atoms with Crippen molar-refractivity contribution in [1.29, 1.82) is 5.41 Å². The molecule has 8 heteroatoms. The molecule has 0 bridgehead atoms. The van der Waals surface area contributed by atoms with Gasteiger partial charge in [0.05, 0.1) is 5.57 Å². The third-order valence-electron chi connectivity index (χ3n) is 6.24. The number of benzene rings is 1. The van der Waals surface area contributed by atoms with Crippen LogP contribution in [0.2, 0.25) is 5.02 Å². The van der Waals surface area contributed by atoms with Crippen molar-refractivity contribution in [2.45, 2.75) is 66.2 Å². The summed E-state index contributed by atoms with van der Waals surface area (Å²) in [6.07, 6.45) is 8.54. The summed E-state index contributed by atoms with van der Waals surface area (Å²) < 4.78 is 2.12. The molecular weight excluding hydrogens is 466 g/mol. The van der Waals surface area contributed by atoms with Crippen molar-refractivity contribution in [3.63, 3.8) is 0 Å². The van der Waals surface area contributed by atoms with Gasteiger partial charge in [0.25, 0.3) is 5.91 Å². The molecule has 0 fully saturated rings. The Balaban J connectivity index is 1.59. The maximum atomic E-state index is 12.9. The first kappa shape index (κ1) is 24.5. The van der Waals surface area contributed by atoms with Gasteiger partial charge in [-0.15, -0.1) is 0 Å². The first-order chi connectivity index (χ1) is 16.3. The van der Waals surface area contributed by atoms with E-state index < -0.39 is 5.91 Å². The van der Waals surface area contributed by atoms with E-state index >= 15 is 0 Å². The van der Waals surface area contributed by atoms with Crippen LogP contribution in [0.5, 0.6) is 0 Å². The second kappa shape index (κ2) is 10.3. The average Bonchev–Trinajstić information content (AvgIpc) is 3.33. The van der Waals surface area contributed by atoms with E-state index in [0.717, 1.165) is 46.1 Å². The zero-order valence-corrected chi connectivity index (χ0v) is 21.7. The Morgan fingerprint density at radius 2 is 1.91 bits per heavy atom. The predicted molar refractivity (Wildman–Crippen MR) is 143 cm³/mol. The number of unbranched alkanes of at least 4 members (excludes halogenated alkanes) is 4. The topological polar surface area (TPSA) is 73.8 Å². The Labute approximate surface area is 210 Å². The number of halogens is 1. The van der Waals surface area contributed by atoms with E-state index in [2.05, 4.69) is 21.6 Å². The molecule has 0 unspecified atom stereocenters. The van der Waals surface area contributed by atoms with E-state index in [9.17, 15) is 4.79 Å². The van der Waals surface area contributed by atoms with Gasteiger partial charge in [-0.05, 0) is 80.8 Å². The van der Waals surface area contributed by atoms with Crippen LogP contribution in [0.1, 0.15) is 68.0 Å². The van der Waals surface area contributed by atoms with Gasteiger partial charge in [-0.25, -0.2) is 0 Å². The van der Waals surface area contributed by atoms with Crippen molar-refractivity contribution < 1.29 is 4.79 Å². The molecule has 1 N–H and O–H groups in total. The van der Waals surface area contributed by atoms with Crippen molar-refractivity contribution >= 4 is 51.4 Å². The number of aliphatic imine (C=N–C) groups is 1. The fourth-order valence-corrected chi connectivity index (χ4v) is 5.41. The number of amidine groups is 2. The summed E-state index contributed by atoms with van der Waals surface area (Å²) in [5.74, 6) is -0.320. The van der Waals surface area contributed by atoms with Gasteiger partial charge < -0.3 is 4.57 Å². The van der Waals surface area contributed by atoms with Gasteiger partial charge in [0.15, 0.2) is 5.84 Å². The van der Waals surface area contributed by atoms with Gasteiger partial charge >= 0.3 is 0 Å². The number of carbonyl (C=O) groups excluding carboxylic acids is 1. The van der Waals surface area contributed by atoms with E-state index in [1.165, 1.54) is 42.5 Å². The number of aryl methyl sites for hydroxylation is 1. The fraction of sp³-hybridized carbons (Fsp3) is 0.385. The molecule has 4 rings (SSSR count). The van der Waals surface area contributed by atoms with E-state index in [1.807, 2.05) is 45.0 Å². The van der Waals surface area contributed by atoms with Gasteiger partial charge in [-0.3, -0.25) is 10.2 Å². The normalized spacial score (nSPS) is 16.9. The highest BCUT2D eigenvalue weighted by molar-refractivity contribution is 8.26. The number of amides is 1. The van der Waals surface area contributed by atoms with Crippen LogP contribution in [-0.2, 0) is 4.79 Å². The maximum absolute atomic E-state index is 12.9. The highest BCUT2D eigenvalue weighted by atomic mass is 35.5. The molecule has 0 atom stereocenters. The third kappa shape index (κ3) is 4.77. The van der Waals surface area contributed by atoms with Crippen LogP contribution in [-0.4, -0.2) is 31.5 Å². The zero-order chi connectivity index (χ0) is 24.4. The Kier molecular flexibility index (Phi) is 7.43. The first-order valence-electron chi connectivity index (χ1n) is 11.7. The third-order valence-corrected chi connectivity index (χ3v) is 7.62. The summed E-state index contributed by atoms with van der Waals surface area (Å²) in [6.45, 7) is 8.23. The van der Waals surface area contributed by atoms with Crippen LogP contribution in [0.3, 0.4) is 0 Å². The maximum Gasteiger partial charge on any atom is 0.283 e. The molecule has 0 spiro atoms. The lowest BCUT2D eigenvalue weighted by molar-refractivity contribution is -0.114. The number of hydrazone groups is 1. The molecule has 2 aliphatic heterocycles. The molecule has 1 aromatic heterocycles. The smallest absolute Gasteiger partial charge is 0.283 e. The van der Waals surface area contributed by atoms with Gasteiger partial charge in [0.1, 0.15) is 5.04 Å². The summed E-state index contributed by atoms with van der Waals surface area (Å²) >= 11 is 7.76. The van der Waals surface area contributed by atoms with E-state index in [-0.39, 0.29) is 11.4 Å². The van der Waals surface area contributed by atoms with Crippen LogP contribution >= 0.6 is 23.4 Å². The van der Waals surface area contributed by atoms with Crippen molar-refractivity contribution in [2.24, 2.45) is 10.1 Å². The minimum Gasteiger partial charge on any atom is -0.318 e. The summed E-state index contributed by atoms with van der Waals surface area (Å²) in [6, 6.07) is 7.86. The van der Waals surface area contributed by atoms with E-state index in [1.54, 1.807) is 6.08 Å². The Hall–Kier alpha value is -2.64. The molecule has 3 heterocycles. The number of hydrogen-bond donors (Lipinski definition) is 1. The second-order valence-corrected chi connectivity index (χ2v) is 10.2. The van der Waals surface area contributed by atoms with E-state index in [0.29, 0.717) is 10.2 Å².